The van der Waals surface area contributed by atoms with Gasteiger partial charge in [-0.2, -0.15) is 9.78 Å². The number of carbonyl (C=O) groups excluding carboxylic acids is 2. The lowest BCUT2D eigenvalue weighted by Gasteiger charge is -2.41. The summed E-state index contributed by atoms with van der Waals surface area (Å²) in [6, 6.07) is 7.03. The predicted molar refractivity (Wildman–Crippen MR) is 131 cm³/mol. The van der Waals surface area contributed by atoms with E-state index in [1.165, 1.54) is 47.5 Å². The van der Waals surface area contributed by atoms with E-state index in [0.717, 1.165) is 32.5 Å². The van der Waals surface area contributed by atoms with Crippen LogP contribution in [0, 0.1) is 6.92 Å². The Morgan fingerprint density at radius 2 is 1.94 bits per heavy atom. The summed E-state index contributed by atoms with van der Waals surface area (Å²) in [5, 5.41) is 4.33. The van der Waals surface area contributed by atoms with Crippen LogP contribution in [0.4, 0.5) is 10.5 Å². The Morgan fingerprint density at radius 1 is 1.21 bits per heavy atom. The second kappa shape index (κ2) is 9.85. The van der Waals surface area contributed by atoms with Gasteiger partial charge in [0.15, 0.2) is 5.78 Å². The topological polar surface area (TPSA) is 61.7 Å². The number of aromatic nitrogens is 2. The minimum atomic E-state index is -0.246. The summed E-state index contributed by atoms with van der Waals surface area (Å²) < 4.78 is 1.20. The van der Waals surface area contributed by atoms with Crippen molar-refractivity contribution in [2.45, 2.75) is 65.1 Å². The molecule has 0 radical (unpaired) electrons. The summed E-state index contributed by atoms with van der Waals surface area (Å²) in [6.45, 7) is 9.46. The standard InChI is InChI=1S/C25H34ClN5O2/c1-17-7-8-20(23(13-17)29-10-5-6-11-29)15-28(4)21-9-12-30(18(2)14-21)25(33)31-16-22(26)24(27-31)19(3)32/h7-8,13,16,18,21H,5-6,9-12,14-15H2,1-4H3/t18-,21?/m0/s1. The average Bonchev–Trinajstić information content (AvgIpc) is 3.44. The molecule has 0 spiro atoms. The Kier molecular flexibility index (Phi) is 7.10. The molecule has 0 aliphatic carbocycles. The average molecular weight is 472 g/mol. The van der Waals surface area contributed by atoms with E-state index in [1.807, 2.05) is 4.90 Å². The fourth-order valence-electron chi connectivity index (χ4n) is 5.11. The molecule has 4 rings (SSSR count). The van der Waals surface area contributed by atoms with E-state index >= 15 is 0 Å². The first-order chi connectivity index (χ1) is 15.7. The van der Waals surface area contributed by atoms with Gasteiger partial charge in [0.05, 0.1) is 11.2 Å². The van der Waals surface area contributed by atoms with Crippen LogP contribution in [0.1, 0.15) is 61.1 Å². The monoisotopic (exact) mass is 471 g/mol. The van der Waals surface area contributed by atoms with Crippen molar-refractivity contribution < 1.29 is 9.59 Å². The van der Waals surface area contributed by atoms with Crippen LogP contribution in [0.5, 0.6) is 0 Å². The number of nitrogens with zero attached hydrogens (tertiary/aromatic N) is 5. The largest absolute Gasteiger partial charge is 0.371 e. The molecule has 3 heterocycles. The van der Waals surface area contributed by atoms with Gasteiger partial charge >= 0.3 is 6.03 Å². The molecule has 2 atom stereocenters. The third-order valence-electron chi connectivity index (χ3n) is 7.02. The lowest BCUT2D eigenvalue weighted by Crippen LogP contribution is -2.51. The van der Waals surface area contributed by atoms with Gasteiger partial charge in [-0.25, -0.2) is 4.79 Å². The number of rotatable bonds is 5. The van der Waals surface area contributed by atoms with E-state index in [9.17, 15) is 9.59 Å². The molecule has 1 aromatic carbocycles. The maximum Gasteiger partial charge on any atom is 0.344 e. The number of aryl methyl sites for hydroxylation is 1. The summed E-state index contributed by atoms with van der Waals surface area (Å²) in [6.07, 6.45) is 5.75. The van der Waals surface area contributed by atoms with Gasteiger partial charge < -0.3 is 9.80 Å². The molecule has 2 fully saturated rings. The van der Waals surface area contributed by atoms with E-state index in [1.54, 1.807) is 0 Å². The van der Waals surface area contributed by atoms with Crippen LogP contribution >= 0.6 is 11.6 Å². The van der Waals surface area contributed by atoms with Crippen LogP contribution in [-0.2, 0) is 6.54 Å². The molecule has 1 unspecified atom stereocenters. The van der Waals surface area contributed by atoms with Gasteiger partial charge in [-0.05, 0) is 63.8 Å². The third-order valence-corrected chi connectivity index (χ3v) is 7.30. The molecule has 8 heteroatoms. The number of hydrogen-bond donors (Lipinski definition) is 0. The summed E-state index contributed by atoms with van der Waals surface area (Å²) in [5.41, 5.74) is 4.19. The quantitative estimate of drug-likeness (QED) is 0.596. The fraction of sp³-hybridized carbons (Fsp3) is 0.560. The van der Waals surface area contributed by atoms with Gasteiger partial charge in [-0.15, -0.1) is 0 Å². The Bertz CT molecular complexity index is 1030. The third kappa shape index (κ3) is 5.09. The number of benzene rings is 1. The molecule has 0 bridgehead atoms. The van der Waals surface area contributed by atoms with Crippen LogP contribution in [0.25, 0.3) is 0 Å². The second-order valence-electron chi connectivity index (χ2n) is 9.57. The summed E-state index contributed by atoms with van der Waals surface area (Å²) in [4.78, 5) is 31.5. The number of carbonyl (C=O) groups is 2. The van der Waals surface area contributed by atoms with E-state index in [2.05, 4.69) is 54.0 Å². The summed E-state index contributed by atoms with van der Waals surface area (Å²) in [5.74, 6) is -0.246. The zero-order chi connectivity index (χ0) is 23.7. The maximum atomic E-state index is 13.0. The molecular formula is C25H34ClN5O2. The molecular weight excluding hydrogens is 438 g/mol. The number of anilines is 1. The first-order valence-corrected chi connectivity index (χ1v) is 12.2. The van der Waals surface area contributed by atoms with E-state index in [-0.39, 0.29) is 28.6 Å². The van der Waals surface area contributed by atoms with Gasteiger partial charge in [0.1, 0.15) is 5.69 Å². The van der Waals surface area contributed by atoms with Crippen molar-refractivity contribution in [2.24, 2.45) is 0 Å². The van der Waals surface area contributed by atoms with Crippen molar-refractivity contribution in [3.63, 3.8) is 0 Å². The van der Waals surface area contributed by atoms with Crippen LogP contribution in [0.3, 0.4) is 0 Å². The highest BCUT2D eigenvalue weighted by Crippen LogP contribution is 2.29. The van der Waals surface area contributed by atoms with Crippen LogP contribution < -0.4 is 4.90 Å². The first kappa shape index (κ1) is 23.8. The molecule has 178 valence electrons. The van der Waals surface area contributed by atoms with E-state index < -0.39 is 0 Å². The highest BCUT2D eigenvalue weighted by Gasteiger charge is 2.32. The van der Waals surface area contributed by atoms with Gasteiger partial charge in [-0.1, -0.05) is 23.7 Å². The number of piperidine rings is 1. The summed E-state index contributed by atoms with van der Waals surface area (Å²) >= 11 is 6.09. The molecule has 0 N–H and O–H groups in total. The molecule has 33 heavy (non-hydrogen) atoms. The maximum absolute atomic E-state index is 13.0. The molecule has 1 aromatic heterocycles. The number of likely N-dealkylation sites (tertiary alicyclic amines) is 1. The highest BCUT2D eigenvalue weighted by molar-refractivity contribution is 6.33. The minimum absolute atomic E-state index is 0.0681. The highest BCUT2D eigenvalue weighted by atomic mass is 35.5. The minimum Gasteiger partial charge on any atom is -0.371 e. The van der Waals surface area contributed by atoms with Crippen molar-refractivity contribution in [3.05, 3.63) is 46.2 Å². The number of hydrogen-bond acceptors (Lipinski definition) is 5. The Labute approximate surface area is 201 Å². The van der Waals surface area contributed by atoms with Crippen LogP contribution in [0.15, 0.2) is 24.4 Å². The van der Waals surface area contributed by atoms with Crippen molar-refractivity contribution in [2.75, 3.05) is 31.6 Å². The number of amides is 1. The normalized spacial score (nSPS) is 21.2. The van der Waals surface area contributed by atoms with Gasteiger partial charge in [0.25, 0.3) is 0 Å². The number of halogens is 1. The van der Waals surface area contributed by atoms with E-state index in [4.69, 9.17) is 11.6 Å². The molecule has 7 nitrogen and oxygen atoms in total. The number of ketones is 1. The molecule has 2 aliphatic heterocycles. The zero-order valence-corrected chi connectivity index (χ0v) is 20.8. The molecule has 0 saturated carbocycles. The van der Waals surface area contributed by atoms with Crippen molar-refractivity contribution in [1.82, 2.24) is 19.6 Å². The molecule has 1 amide bonds. The van der Waals surface area contributed by atoms with Crippen molar-refractivity contribution in [1.29, 1.82) is 0 Å². The Hall–Kier alpha value is -2.38. The van der Waals surface area contributed by atoms with Crippen molar-refractivity contribution >= 4 is 29.1 Å². The fourth-order valence-corrected chi connectivity index (χ4v) is 5.37. The SMILES string of the molecule is CC(=O)c1nn(C(=O)N2CCC(N(C)Cc3ccc(C)cc3N3CCCC3)C[C@@H]2C)cc1Cl. The summed E-state index contributed by atoms with van der Waals surface area (Å²) in [7, 11) is 2.19. The van der Waals surface area contributed by atoms with Crippen molar-refractivity contribution in [3.8, 4) is 0 Å². The van der Waals surface area contributed by atoms with Gasteiger partial charge in [0, 0.05) is 50.9 Å². The molecule has 2 saturated heterocycles. The lowest BCUT2D eigenvalue weighted by molar-refractivity contribution is 0.0975. The zero-order valence-electron chi connectivity index (χ0n) is 20.1. The van der Waals surface area contributed by atoms with Crippen LogP contribution in [0.2, 0.25) is 5.02 Å². The number of Topliss-reactive ketones (excluding diaryl/α,β-unsaturated/α-hetero) is 1. The molecule has 2 aliphatic rings. The Balaban J connectivity index is 1.41. The smallest absolute Gasteiger partial charge is 0.344 e. The van der Waals surface area contributed by atoms with Gasteiger partial charge in [0.2, 0.25) is 0 Å². The first-order valence-electron chi connectivity index (χ1n) is 11.9. The second-order valence-corrected chi connectivity index (χ2v) is 9.98. The lowest BCUT2D eigenvalue weighted by atomic mass is 9.96. The predicted octanol–water partition coefficient (Wildman–Crippen LogP) is 4.60. The van der Waals surface area contributed by atoms with E-state index in [0.29, 0.717) is 12.6 Å². The van der Waals surface area contributed by atoms with Crippen LogP contribution in [-0.4, -0.2) is 70.2 Å². The Morgan fingerprint density at radius 3 is 2.58 bits per heavy atom. The van der Waals surface area contributed by atoms with Gasteiger partial charge in [-0.3, -0.25) is 9.69 Å². The molecule has 2 aromatic rings.